The maximum absolute atomic E-state index is 8.73. The molecule has 0 amide bonds. The molecule has 2 aromatic rings. The highest BCUT2D eigenvalue weighted by Gasteiger charge is 2.06. The van der Waals surface area contributed by atoms with E-state index in [1.54, 1.807) is 0 Å². The molecule has 2 aromatic heterocycles. The van der Waals surface area contributed by atoms with E-state index in [1.165, 1.54) is 0 Å². The Balaban J connectivity index is 2.42. The van der Waals surface area contributed by atoms with Crippen LogP contribution in [-0.4, -0.2) is 26.3 Å². The Morgan fingerprint density at radius 1 is 1.43 bits per heavy atom. The summed E-state index contributed by atoms with van der Waals surface area (Å²) in [6.45, 7) is 0.183. The zero-order valence-corrected chi connectivity index (χ0v) is 9.11. The second-order valence-corrected chi connectivity index (χ2v) is 3.85. The third kappa shape index (κ3) is 1.65. The fraction of sp³-hybridized carbons (Fsp3) is 0.333. The van der Waals surface area contributed by atoms with E-state index in [9.17, 15) is 0 Å². The molecule has 74 valence electrons. The zero-order chi connectivity index (χ0) is 9.97. The number of fused-ring (bicyclic) bond motifs is 1. The van der Waals surface area contributed by atoms with Gasteiger partial charge in [0.25, 0.3) is 0 Å². The van der Waals surface area contributed by atoms with Crippen molar-refractivity contribution >= 4 is 21.6 Å². The minimum absolute atomic E-state index is 0.183. The molecule has 0 aliphatic rings. The van der Waals surface area contributed by atoms with Crippen LogP contribution in [0.2, 0.25) is 0 Å². The quantitative estimate of drug-likeness (QED) is 0.903. The summed E-state index contributed by atoms with van der Waals surface area (Å²) in [7, 11) is 0. The van der Waals surface area contributed by atoms with E-state index in [2.05, 4.69) is 26.1 Å². The minimum Gasteiger partial charge on any atom is -0.396 e. The van der Waals surface area contributed by atoms with Crippen molar-refractivity contribution in [2.45, 2.75) is 12.8 Å². The van der Waals surface area contributed by atoms with Gasteiger partial charge in [0, 0.05) is 19.2 Å². The predicted octanol–water partition coefficient (Wildman–Crippen LogP) is 1.42. The molecule has 0 aromatic carbocycles. The standard InChI is InChI=1S/C9H10BrN3O/c10-7-3-1-5-13-8(4-2-6-14)11-12-9(7)13/h1,3,5,14H,2,4,6H2. The van der Waals surface area contributed by atoms with Gasteiger partial charge in [0.1, 0.15) is 5.82 Å². The lowest BCUT2D eigenvalue weighted by Gasteiger charge is -1.98. The number of nitrogens with zero attached hydrogens (tertiary/aromatic N) is 3. The molecular weight excluding hydrogens is 246 g/mol. The third-order valence-electron chi connectivity index (χ3n) is 2.02. The number of aliphatic hydroxyl groups excluding tert-OH is 1. The van der Waals surface area contributed by atoms with Crippen molar-refractivity contribution in [3.63, 3.8) is 0 Å². The third-order valence-corrected chi connectivity index (χ3v) is 2.64. The summed E-state index contributed by atoms with van der Waals surface area (Å²) in [5, 5.41) is 16.8. The average Bonchev–Trinajstić information content (AvgIpc) is 2.60. The van der Waals surface area contributed by atoms with Gasteiger partial charge >= 0.3 is 0 Å². The molecule has 0 aliphatic carbocycles. The van der Waals surface area contributed by atoms with Crippen LogP contribution in [0.5, 0.6) is 0 Å². The molecule has 5 heteroatoms. The van der Waals surface area contributed by atoms with E-state index >= 15 is 0 Å². The van der Waals surface area contributed by atoms with E-state index in [0.29, 0.717) is 6.42 Å². The van der Waals surface area contributed by atoms with Crippen molar-refractivity contribution < 1.29 is 5.11 Å². The van der Waals surface area contributed by atoms with Crippen molar-refractivity contribution in [3.8, 4) is 0 Å². The van der Waals surface area contributed by atoms with Gasteiger partial charge in [-0.25, -0.2) is 0 Å². The molecule has 0 atom stereocenters. The molecular formula is C9H10BrN3O. The van der Waals surface area contributed by atoms with Gasteiger partial charge in [0.2, 0.25) is 0 Å². The van der Waals surface area contributed by atoms with Crippen molar-refractivity contribution in [1.29, 1.82) is 0 Å². The number of hydrogen-bond donors (Lipinski definition) is 1. The van der Waals surface area contributed by atoms with Gasteiger partial charge < -0.3 is 5.11 Å². The van der Waals surface area contributed by atoms with E-state index in [0.717, 1.165) is 22.4 Å². The summed E-state index contributed by atoms with van der Waals surface area (Å²) in [5.74, 6) is 0.885. The number of aromatic nitrogens is 3. The van der Waals surface area contributed by atoms with Gasteiger partial charge in [-0.15, -0.1) is 10.2 Å². The number of hydrogen-bond acceptors (Lipinski definition) is 3. The second-order valence-electron chi connectivity index (χ2n) is 2.99. The van der Waals surface area contributed by atoms with Gasteiger partial charge in [-0.2, -0.15) is 0 Å². The van der Waals surface area contributed by atoms with Crippen LogP contribution in [0, 0.1) is 0 Å². The summed E-state index contributed by atoms with van der Waals surface area (Å²) in [6.07, 6.45) is 3.38. The van der Waals surface area contributed by atoms with Crippen LogP contribution in [0.4, 0.5) is 0 Å². The van der Waals surface area contributed by atoms with Crippen molar-refractivity contribution in [1.82, 2.24) is 14.6 Å². The van der Waals surface area contributed by atoms with Crippen molar-refractivity contribution in [2.75, 3.05) is 6.61 Å². The Kier molecular flexibility index (Phi) is 2.79. The maximum atomic E-state index is 8.73. The Labute approximate surface area is 89.7 Å². The van der Waals surface area contributed by atoms with Crippen LogP contribution in [0.3, 0.4) is 0 Å². The fourth-order valence-electron chi connectivity index (χ4n) is 1.34. The molecule has 0 radical (unpaired) electrons. The summed E-state index contributed by atoms with van der Waals surface area (Å²) < 4.78 is 2.86. The molecule has 0 unspecified atom stereocenters. The first kappa shape index (κ1) is 9.61. The highest BCUT2D eigenvalue weighted by atomic mass is 79.9. The zero-order valence-electron chi connectivity index (χ0n) is 7.52. The number of rotatable bonds is 3. The summed E-state index contributed by atoms with van der Waals surface area (Å²) in [4.78, 5) is 0. The van der Waals surface area contributed by atoms with Gasteiger partial charge in [0.15, 0.2) is 5.65 Å². The lowest BCUT2D eigenvalue weighted by molar-refractivity contribution is 0.287. The summed E-state index contributed by atoms with van der Waals surface area (Å²) in [5.41, 5.74) is 0.820. The molecule has 0 spiro atoms. The molecule has 0 saturated carbocycles. The molecule has 0 bridgehead atoms. The van der Waals surface area contributed by atoms with Crippen molar-refractivity contribution in [2.24, 2.45) is 0 Å². The van der Waals surface area contributed by atoms with E-state index < -0.39 is 0 Å². The van der Waals surface area contributed by atoms with E-state index in [4.69, 9.17) is 5.11 Å². The van der Waals surface area contributed by atoms with E-state index in [1.807, 2.05) is 22.7 Å². The van der Waals surface area contributed by atoms with Gasteiger partial charge in [-0.3, -0.25) is 4.40 Å². The molecule has 2 heterocycles. The monoisotopic (exact) mass is 255 g/mol. The Hall–Kier alpha value is -0.940. The first-order valence-corrected chi connectivity index (χ1v) is 5.21. The Bertz CT molecular complexity index is 441. The maximum Gasteiger partial charge on any atom is 0.175 e. The average molecular weight is 256 g/mol. The number of pyridine rings is 1. The minimum atomic E-state index is 0.183. The summed E-state index contributed by atoms with van der Waals surface area (Å²) in [6, 6.07) is 3.86. The number of aliphatic hydroxyl groups is 1. The van der Waals surface area contributed by atoms with Crippen LogP contribution >= 0.6 is 15.9 Å². The Morgan fingerprint density at radius 2 is 2.29 bits per heavy atom. The van der Waals surface area contributed by atoms with Gasteiger partial charge in [0.05, 0.1) is 4.47 Å². The first-order valence-electron chi connectivity index (χ1n) is 4.42. The first-order chi connectivity index (χ1) is 6.83. The van der Waals surface area contributed by atoms with Crippen LogP contribution < -0.4 is 0 Å². The molecule has 0 fully saturated rings. The highest BCUT2D eigenvalue weighted by molar-refractivity contribution is 9.10. The van der Waals surface area contributed by atoms with Crippen LogP contribution in [0.25, 0.3) is 5.65 Å². The Morgan fingerprint density at radius 3 is 3.07 bits per heavy atom. The molecule has 0 aliphatic heterocycles. The highest BCUT2D eigenvalue weighted by Crippen LogP contribution is 2.16. The number of aryl methyl sites for hydroxylation is 1. The predicted molar refractivity (Wildman–Crippen MR) is 56.1 cm³/mol. The van der Waals surface area contributed by atoms with E-state index in [-0.39, 0.29) is 6.61 Å². The van der Waals surface area contributed by atoms with Crippen molar-refractivity contribution in [3.05, 3.63) is 28.6 Å². The van der Waals surface area contributed by atoms with Gasteiger partial charge in [-0.05, 0) is 34.5 Å². The fourth-order valence-corrected chi connectivity index (χ4v) is 1.76. The summed E-state index contributed by atoms with van der Waals surface area (Å²) >= 11 is 3.41. The van der Waals surface area contributed by atoms with Gasteiger partial charge in [-0.1, -0.05) is 0 Å². The van der Waals surface area contributed by atoms with Crippen LogP contribution in [0.15, 0.2) is 22.8 Å². The lowest BCUT2D eigenvalue weighted by atomic mass is 10.3. The topological polar surface area (TPSA) is 50.4 Å². The largest absolute Gasteiger partial charge is 0.396 e. The number of halogens is 1. The van der Waals surface area contributed by atoms with Crippen LogP contribution in [-0.2, 0) is 6.42 Å². The smallest absolute Gasteiger partial charge is 0.175 e. The SMILES string of the molecule is OCCCc1nnc2c(Br)cccn12. The molecule has 0 saturated heterocycles. The molecule has 1 N–H and O–H groups in total. The van der Waals surface area contributed by atoms with Crippen LogP contribution in [0.1, 0.15) is 12.2 Å². The molecule has 4 nitrogen and oxygen atoms in total. The normalized spacial score (nSPS) is 11.0. The molecule has 14 heavy (non-hydrogen) atoms. The second kappa shape index (κ2) is 4.06. The lowest BCUT2D eigenvalue weighted by Crippen LogP contribution is -1.96. The molecule has 2 rings (SSSR count).